The van der Waals surface area contributed by atoms with Crippen molar-refractivity contribution < 1.29 is 14.6 Å². The fourth-order valence-electron chi connectivity index (χ4n) is 1.30. The van der Waals surface area contributed by atoms with Gasteiger partial charge in [-0.2, -0.15) is 0 Å². The number of carbonyl (C=O) groups excluding carboxylic acids is 1. The molecule has 0 saturated carbocycles. The van der Waals surface area contributed by atoms with Crippen molar-refractivity contribution in [3.8, 4) is 5.75 Å². The number of ether oxygens (including phenoxy) is 1. The summed E-state index contributed by atoms with van der Waals surface area (Å²) in [4.78, 5) is 11.6. The Morgan fingerprint density at radius 3 is 2.88 bits per heavy atom. The standard InChI is InChI=1S/C12H18N2O3/c1-8-3-4-9(7-11(8)15)14-12(16)10(13)5-6-17-2/h3-4,7,10,15H,5-6,13H2,1-2H3,(H,14,16). The molecule has 0 spiro atoms. The first-order valence-corrected chi connectivity index (χ1v) is 5.39. The maximum Gasteiger partial charge on any atom is 0.241 e. The largest absolute Gasteiger partial charge is 0.508 e. The number of hydrogen-bond donors (Lipinski definition) is 3. The van der Waals surface area contributed by atoms with Crippen molar-refractivity contribution in [1.29, 1.82) is 0 Å². The lowest BCUT2D eigenvalue weighted by Gasteiger charge is -2.12. The van der Waals surface area contributed by atoms with Crippen LogP contribution in [0.5, 0.6) is 5.75 Å². The average molecular weight is 238 g/mol. The number of phenolic OH excluding ortho intramolecular Hbond substituents is 1. The number of rotatable bonds is 5. The summed E-state index contributed by atoms with van der Waals surface area (Å²) < 4.78 is 4.85. The van der Waals surface area contributed by atoms with E-state index < -0.39 is 6.04 Å². The zero-order valence-corrected chi connectivity index (χ0v) is 10.1. The summed E-state index contributed by atoms with van der Waals surface area (Å²) in [6, 6.07) is 4.33. The molecule has 0 bridgehead atoms. The van der Waals surface area contributed by atoms with Crippen LogP contribution < -0.4 is 11.1 Å². The van der Waals surface area contributed by atoms with Crippen LogP contribution in [0.25, 0.3) is 0 Å². The Kier molecular flexibility index (Phi) is 4.93. The first-order chi connectivity index (χ1) is 8.04. The lowest BCUT2D eigenvalue weighted by atomic mass is 10.2. The van der Waals surface area contributed by atoms with Crippen LogP contribution in [-0.2, 0) is 9.53 Å². The normalized spacial score (nSPS) is 12.2. The second-order valence-electron chi connectivity index (χ2n) is 3.88. The molecule has 0 aliphatic rings. The minimum Gasteiger partial charge on any atom is -0.508 e. The number of carbonyl (C=O) groups is 1. The maximum atomic E-state index is 11.6. The Balaban J connectivity index is 2.58. The first kappa shape index (κ1) is 13.5. The van der Waals surface area contributed by atoms with Crippen LogP contribution in [0, 0.1) is 6.92 Å². The quantitative estimate of drug-likeness (QED) is 0.714. The van der Waals surface area contributed by atoms with Gasteiger partial charge in [0.25, 0.3) is 0 Å². The highest BCUT2D eigenvalue weighted by Gasteiger charge is 2.13. The number of benzene rings is 1. The molecule has 0 radical (unpaired) electrons. The van der Waals surface area contributed by atoms with Gasteiger partial charge in [0.15, 0.2) is 0 Å². The van der Waals surface area contributed by atoms with Gasteiger partial charge in [-0.15, -0.1) is 0 Å². The summed E-state index contributed by atoms with van der Waals surface area (Å²) in [5, 5.41) is 12.1. The van der Waals surface area contributed by atoms with Crippen molar-refractivity contribution in [3.63, 3.8) is 0 Å². The lowest BCUT2D eigenvalue weighted by Crippen LogP contribution is -2.36. The molecule has 1 amide bonds. The summed E-state index contributed by atoms with van der Waals surface area (Å²) in [5.74, 6) is -0.140. The molecular formula is C12H18N2O3. The van der Waals surface area contributed by atoms with Crippen LogP contribution in [-0.4, -0.2) is 30.8 Å². The highest BCUT2D eigenvalue weighted by atomic mass is 16.5. The van der Waals surface area contributed by atoms with E-state index in [0.717, 1.165) is 5.56 Å². The van der Waals surface area contributed by atoms with Crippen LogP contribution in [0.1, 0.15) is 12.0 Å². The molecule has 5 heteroatoms. The van der Waals surface area contributed by atoms with Gasteiger partial charge in [0.1, 0.15) is 5.75 Å². The Bertz CT molecular complexity index is 393. The van der Waals surface area contributed by atoms with E-state index in [1.165, 1.54) is 6.07 Å². The monoisotopic (exact) mass is 238 g/mol. The fraction of sp³-hybridized carbons (Fsp3) is 0.417. The van der Waals surface area contributed by atoms with E-state index in [1.54, 1.807) is 26.2 Å². The van der Waals surface area contributed by atoms with Gasteiger partial charge in [0, 0.05) is 25.5 Å². The second-order valence-corrected chi connectivity index (χ2v) is 3.88. The molecule has 5 nitrogen and oxygen atoms in total. The smallest absolute Gasteiger partial charge is 0.241 e. The van der Waals surface area contributed by atoms with E-state index in [9.17, 15) is 9.90 Å². The Hall–Kier alpha value is -1.59. The third-order valence-corrected chi connectivity index (χ3v) is 2.45. The van der Waals surface area contributed by atoms with Gasteiger partial charge in [0.2, 0.25) is 5.91 Å². The van der Waals surface area contributed by atoms with Crippen LogP contribution in [0.2, 0.25) is 0 Å². The molecule has 1 unspecified atom stereocenters. The Labute approximate surface area is 101 Å². The molecule has 4 N–H and O–H groups in total. The van der Waals surface area contributed by atoms with Crippen molar-refractivity contribution in [2.24, 2.45) is 5.73 Å². The van der Waals surface area contributed by atoms with Crippen molar-refractivity contribution in [2.45, 2.75) is 19.4 Å². The van der Waals surface area contributed by atoms with E-state index in [2.05, 4.69) is 5.32 Å². The summed E-state index contributed by atoms with van der Waals surface area (Å²) in [6.07, 6.45) is 0.459. The zero-order chi connectivity index (χ0) is 12.8. The Morgan fingerprint density at radius 1 is 1.59 bits per heavy atom. The predicted molar refractivity (Wildman–Crippen MR) is 65.9 cm³/mol. The number of nitrogens with one attached hydrogen (secondary N) is 1. The average Bonchev–Trinajstić information content (AvgIpc) is 2.30. The van der Waals surface area contributed by atoms with E-state index >= 15 is 0 Å². The van der Waals surface area contributed by atoms with E-state index in [0.29, 0.717) is 18.7 Å². The fourth-order valence-corrected chi connectivity index (χ4v) is 1.30. The topological polar surface area (TPSA) is 84.6 Å². The van der Waals surface area contributed by atoms with Crippen molar-refractivity contribution in [3.05, 3.63) is 23.8 Å². The molecule has 0 saturated heterocycles. The van der Waals surface area contributed by atoms with Crippen LogP contribution in [0.15, 0.2) is 18.2 Å². The van der Waals surface area contributed by atoms with Gasteiger partial charge >= 0.3 is 0 Å². The summed E-state index contributed by atoms with van der Waals surface area (Å²) in [5.41, 5.74) is 6.95. The maximum absolute atomic E-state index is 11.6. The molecule has 0 fully saturated rings. The molecule has 1 aromatic rings. The van der Waals surface area contributed by atoms with Gasteiger partial charge < -0.3 is 20.9 Å². The molecule has 17 heavy (non-hydrogen) atoms. The number of methoxy groups -OCH3 is 1. The molecule has 0 aliphatic heterocycles. The zero-order valence-electron chi connectivity index (χ0n) is 10.1. The Morgan fingerprint density at radius 2 is 2.29 bits per heavy atom. The predicted octanol–water partition coefficient (Wildman–Crippen LogP) is 1.00. The van der Waals surface area contributed by atoms with Gasteiger partial charge in [0.05, 0.1) is 6.04 Å². The van der Waals surface area contributed by atoms with Gasteiger partial charge in [-0.3, -0.25) is 4.79 Å². The van der Waals surface area contributed by atoms with E-state index in [4.69, 9.17) is 10.5 Å². The minimum absolute atomic E-state index is 0.147. The van der Waals surface area contributed by atoms with E-state index in [1.807, 2.05) is 0 Å². The third kappa shape index (κ3) is 4.05. The first-order valence-electron chi connectivity index (χ1n) is 5.39. The van der Waals surface area contributed by atoms with Crippen LogP contribution in [0.4, 0.5) is 5.69 Å². The number of aromatic hydroxyl groups is 1. The summed E-state index contributed by atoms with van der Waals surface area (Å²) in [6.45, 7) is 2.22. The summed E-state index contributed by atoms with van der Waals surface area (Å²) >= 11 is 0. The van der Waals surface area contributed by atoms with Crippen LogP contribution in [0.3, 0.4) is 0 Å². The SMILES string of the molecule is COCCC(N)C(=O)Nc1ccc(C)c(O)c1. The molecular weight excluding hydrogens is 220 g/mol. The van der Waals surface area contributed by atoms with Gasteiger partial charge in [-0.25, -0.2) is 0 Å². The molecule has 0 aromatic heterocycles. The molecule has 1 rings (SSSR count). The second kappa shape index (κ2) is 6.22. The molecule has 0 aliphatic carbocycles. The number of amides is 1. The number of aryl methyl sites for hydroxylation is 1. The summed E-state index contributed by atoms with van der Waals surface area (Å²) in [7, 11) is 1.56. The number of nitrogens with two attached hydrogens (primary N) is 1. The van der Waals surface area contributed by atoms with Crippen molar-refractivity contribution >= 4 is 11.6 Å². The minimum atomic E-state index is -0.613. The molecule has 1 atom stereocenters. The van der Waals surface area contributed by atoms with E-state index in [-0.39, 0.29) is 11.7 Å². The number of phenols is 1. The number of hydrogen-bond acceptors (Lipinski definition) is 4. The molecule has 94 valence electrons. The van der Waals surface area contributed by atoms with Crippen LogP contribution >= 0.6 is 0 Å². The van der Waals surface area contributed by atoms with Crippen molar-refractivity contribution in [2.75, 3.05) is 19.0 Å². The number of anilines is 1. The van der Waals surface area contributed by atoms with Gasteiger partial charge in [-0.05, 0) is 25.0 Å². The van der Waals surface area contributed by atoms with Gasteiger partial charge in [-0.1, -0.05) is 6.07 Å². The highest BCUT2D eigenvalue weighted by molar-refractivity contribution is 5.94. The highest BCUT2D eigenvalue weighted by Crippen LogP contribution is 2.20. The molecule has 1 aromatic carbocycles. The third-order valence-electron chi connectivity index (χ3n) is 2.45. The lowest BCUT2D eigenvalue weighted by molar-refractivity contribution is -0.117. The molecule has 0 heterocycles. The van der Waals surface area contributed by atoms with Crippen molar-refractivity contribution in [1.82, 2.24) is 0 Å².